The SMILES string of the molecule is CC[C@@H]1CCc2sc(C(=O)NNC(=S)Nc3cc(C)cc(C)c3)cc2C1. The van der Waals surface area contributed by atoms with Gasteiger partial charge in [0.2, 0.25) is 0 Å². The van der Waals surface area contributed by atoms with Gasteiger partial charge in [-0.2, -0.15) is 0 Å². The van der Waals surface area contributed by atoms with Crippen LogP contribution in [0.15, 0.2) is 24.3 Å². The van der Waals surface area contributed by atoms with Gasteiger partial charge in [-0.25, -0.2) is 0 Å². The van der Waals surface area contributed by atoms with Crippen molar-refractivity contribution in [3.8, 4) is 0 Å². The van der Waals surface area contributed by atoms with E-state index in [1.54, 1.807) is 11.3 Å². The summed E-state index contributed by atoms with van der Waals surface area (Å²) in [6.45, 7) is 6.32. The number of benzene rings is 1. The molecule has 0 aliphatic heterocycles. The highest BCUT2D eigenvalue weighted by atomic mass is 32.1. The van der Waals surface area contributed by atoms with Crippen LogP contribution in [-0.4, -0.2) is 11.0 Å². The van der Waals surface area contributed by atoms with Crippen LogP contribution in [0.1, 0.15) is 51.0 Å². The van der Waals surface area contributed by atoms with E-state index in [0.717, 1.165) is 40.5 Å². The van der Waals surface area contributed by atoms with E-state index in [0.29, 0.717) is 5.11 Å². The number of amides is 1. The summed E-state index contributed by atoms with van der Waals surface area (Å²) in [4.78, 5) is 14.5. The van der Waals surface area contributed by atoms with E-state index in [4.69, 9.17) is 12.2 Å². The first-order valence-electron chi connectivity index (χ1n) is 9.01. The Morgan fingerprint density at radius 3 is 2.62 bits per heavy atom. The molecule has 26 heavy (non-hydrogen) atoms. The molecule has 6 heteroatoms. The molecular formula is C20H25N3OS2. The standard InChI is InChI=1S/C20H25N3OS2/c1-4-14-5-6-17-15(10-14)11-18(26-17)19(24)22-23-20(25)21-16-8-12(2)7-13(3)9-16/h7-9,11,14H,4-6,10H2,1-3H3,(H,22,24)(H2,21,23,25)/t14-/m1/s1. The molecule has 0 unspecified atom stereocenters. The minimum Gasteiger partial charge on any atom is -0.331 e. The lowest BCUT2D eigenvalue weighted by atomic mass is 9.87. The van der Waals surface area contributed by atoms with Gasteiger partial charge in [0.25, 0.3) is 5.91 Å². The highest BCUT2D eigenvalue weighted by Gasteiger charge is 2.22. The molecule has 1 aromatic heterocycles. The van der Waals surface area contributed by atoms with Gasteiger partial charge in [0, 0.05) is 10.6 Å². The van der Waals surface area contributed by atoms with Crippen LogP contribution in [0.3, 0.4) is 0 Å². The lowest BCUT2D eigenvalue weighted by Gasteiger charge is -2.19. The van der Waals surface area contributed by atoms with Crippen LogP contribution in [0.4, 0.5) is 5.69 Å². The Labute approximate surface area is 164 Å². The van der Waals surface area contributed by atoms with Crippen molar-refractivity contribution in [3.63, 3.8) is 0 Å². The Morgan fingerprint density at radius 2 is 1.92 bits per heavy atom. The van der Waals surface area contributed by atoms with E-state index < -0.39 is 0 Å². The minimum atomic E-state index is -0.137. The van der Waals surface area contributed by atoms with E-state index in [2.05, 4.69) is 29.2 Å². The second-order valence-electron chi connectivity index (χ2n) is 6.99. The fourth-order valence-corrected chi connectivity index (χ4v) is 4.72. The van der Waals surface area contributed by atoms with Gasteiger partial charge in [0.15, 0.2) is 5.11 Å². The van der Waals surface area contributed by atoms with Crippen molar-refractivity contribution in [1.82, 2.24) is 10.9 Å². The first kappa shape index (κ1) is 18.9. The minimum absolute atomic E-state index is 0.137. The van der Waals surface area contributed by atoms with E-state index in [1.807, 2.05) is 32.0 Å². The number of hydrogen-bond acceptors (Lipinski definition) is 3. The van der Waals surface area contributed by atoms with E-state index in [1.165, 1.54) is 23.3 Å². The number of hydrazine groups is 1. The normalized spacial score (nSPS) is 15.9. The molecule has 1 aliphatic rings. The van der Waals surface area contributed by atoms with Gasteiger partial charge in [-0.3, -0.25) is 15.6 Å². The molecule has 0 saturated carbocycles. The summed E-state index contributed by atoms with van der Waals surface area (Å²) in [5.41, 5.74) is 10.1. The number of thiocarbonyl (C=S) groups is 1. The maximum absolute atomic E-state index is 12.4. The predicted molar refractivity (Wildman–Crippen MR) is 113 cm³/mol. The van der Waals surface area contributed by atoms with Crippen LogP contribution < -0.4 is 16.2 Å². The third kappa shape index (κ3) is 4.62. The number of aryl methyl sites for hydroxylation is 3. The molecule has 0 saturated heterocycles. The van der Waals surface area contributed by atoms with Gasteiger partial charge in [0.1, 0.15) is 0 Å². The van der Waals surface area contributed by atoms with E-state index >= 15 is 0 Å². The number of hydrogen-bond donors (Lipinski definition) is 3. The van der Waals surface area contributed by atoms with Crippen molar-refractivity contribution in [1.29, 1.82) is 0 Å². The molecule has 2 aromatic rings. The number of fused-ring (bicyclic) bond motifs is 1. The first-order chi connectivity index (χ1) is 12.4. The third-order valence-corrected chi connectivity index (χ3v) is 6.20. The molecule has 0 bridgehead atoms. The van der Waals surface area contributed by atoms with Gasteiger partial charge in [-0.1, -0.05) is 19.4 Å². The van der Waals surface area contributed by atoms with Gasteiger partial charge in [0.05, 0.1) is 4.88 Å². The smallest absolute Gasteiger partial charge is 0.279 e. The highest BCUT2D eigenvalue weighted by molar-refractivity contribution is 7.80. The highest BCUT2D eigenvalue weighted by Crippen LogP contribution is 2.33. The maximum atomic E-state index is 12.4. The van der Waals surface area contributed by atoms with E-state index in [9.17, 15) is 4.79 Å². The average Bonchev–Trinajstić information content (AvgIpc) is 3.01. The molecule has 1 aromatic carbocycles. The van der Waals surface area contributed by atoms with Gasteiger partial charge < -0.3 is 5.32 Å². The molecule has 1 atom stereocenters. The summed E-state index contributed by atoms with van der Waals surface area (Å²) < 4.78 is 0. The summed E-state index contributed by atoms with van der Waals surface area (Å²) in [6, 6.07) is 8.17. The van der Waals surface area contributed by atoms with Crippen LogP contribution in [-0.2, 0) is 12.8 Å². The second-order valence-corrected chi connectivity index (χ2v) is 8.53. The van der Waals surface area contributed by atoms with E-state index in [-0.39, 0.29) is 5.91 Å². The molecule has 3 rings (SSSR count). The largest absolute Gasteiger partial charge is 0.331 e. The lowest BCUT2D eigenvalue weighted by Crippen LogP contribution is -2.43. The molecule has 4 nitrogen and oxygen atoms in total. The summed E-state index contributed by atoms with van der Waals surface area (Å²) in [5.74, 6) is 0.614. The topological polar surface area (TPSA) is 53.2 Å². The van der Waals surface area contributed by atoms with Crippen LogP contribution in [0.5, 0.6) is 0 Å². The Hall–Kier alpha value is -1.92. The maximum Gasteiger partial charge on any atom is 0.279 e. The molecule has 3 N–H and O–H groups in total. The lowest BCUT2D eigenvalue weighted by molar-refractivity contribution is 0.0948. The summed E-state index contributed by atoms with van der Waals surface area (Å²) >= 11 is 6.87. The van der Waals surface area contributed by atoms with Gasteiger partial charge >= 0.3 is 0 Å². The zero-order chi connectivity index (χ0) is 18.7. The van der Waals surface area contributed by atoms with Crippen molar-refractivity contribution < 1.29 is 4.79 Å². The fraction of sp³-hybridized carbons (Fsp3) is 0.400. The van der Waals surface area contributed by atoms with Gasteiger partial charge in [-0.05, 0) is 86.1 Å². The predicted octanol–water partition coefficient (Wildman–Crippen LogP) is 4.51. The molecule has 1 amide bonds. The van der Waals surface area contributed by atoms with Crippen molar-refractivity contribution in [2.45, 2.75) is 46.5 Å². The quantitative estimate of drug-likeness (QED) is 0.536. The monoisotopic (exact) mass is 387 g/mol. The Morgan fingerprint density at radius 1 is 1.19 bits per heavy atom. The number of nitrogens with one attached hydrogen (secondary N) is 3. The molecule has 138 valence electrons. The Balaban J connectivity index is 1.55. The first-order valence-corrected chi connectivity index (χ1v) is 10.2. The zero-order valence-corrected chi connectivity index (χ0v) is 17.1. The van der Waals surface area contributed by atoms with Crippen molar-refractivity contribution in [2.75, 3.05) is 5.32 Å². The number of carbonyl (C=O) groups excluding carboxylic acids is 1. The average molecular weight is 388 g/mol. The number of thiophene rings is 1. The fourth-order valence-electron chi connectivity index (χ4n) is 3.44. The molecule has 1 aliphatic carbocycles. The molecule has 1 heterocycles. The van der Waals surface area contributed by atoms with Crippen molar-refractivity contribution >= 4 is 40.3 Å². The van der Waals surface area contributed by atoms with Crippen molar-refractivity contribution in [3.05, 3.63) is 50.7 Å². The Bertz CT molecular complexity index is 808. The summed E-state index contributed by atoms with van der Waals surface area (Å²) in [5, 5.41) is 3.47. The van der Waals surface area contributed by atoms with Crippen LogP contribution in [0.2, 0.25) is 0 Å². The van der Waals surface area contributed by atoms with Gasteiger partial charge in [-0.15, -0.1) is 11.3 Å². The zero-order valence-electron chi connectivity index (χ0n) is 15.4. The second kappa shape index (κ2) is 8.18. The summed E-state index contributed by atoms with van der Waals surface area (Å²) in [6.07, 6.45) is 4.62. The van der Waals surface area contributed by atoms with Crippen LogP contribution in [0, 0.1) is 19.8 Å². The Kier molecular flexibility index (Phi) is 5.94. The number of carbonyl (C=O) groups is 1. The molecule has 0 fully saturated rings. The summed E-state index contributed by atoms with van der Waals surface area (Å²) in [7, 11) is 0. The third-order valence-electron chi connectivity index (χ3n) is 4.76. The molecule has 0 spiro atoms. The molecular weight excluding hydrogens is 362 g/mol. The number of rotatable bonds is 3. The molecule has 0 radical (unpaired) electrons. The van der Waals surface area contributed by atoms with Crippen LogP contribution >= 0.6 is 23.6 Å². The van der Waals surface area contributed by atoms with Crippen molar-refractivity contribution in [2.24, 2.45) is 5.92 Å². The number of anilines is 1. The van der Waals surface area contributed by atoms with Crippen LogP contribution in [0.25, 0.3) is 0 Å².